The summed E-state index contributed by atoms with van der Waals surface area (Å²) in [5.74, 6) is 1.47. The van der Waals surface area contributed by atoms with E-state index in [1.54, 1.807) is 13.3 Å². The predicted octanol–water partition coefficient (Wildman–Crippen LogP) is 5.49. The average molecular weight is 547 g/mol. The summed E-state index contributed by atoms with van der Waals surface area (Å²) in [4.78, 5) is 25.1. The Hall–Kier alpha value is -3.23. The molecule has 3 aromatic rings. The van der Waals surface area contributed by atoms with Gasteiger partial charge in [-0.15, -0.1) is 0 Å². The standard InChI is InChI=1S/C32H42N4O4/c1-32(2,3)40-31(37)29(26-11-7-12-28-27(26)19-25(38-4)20-34-28)36-17-15-24(21-36)39-18-6-5-10-23-14-13-22-9-8-16-33-30(22)35-23/h7,11-14,19-20,24,29H,5-6,8-10,15-18,21H2,1-4H3,(H,33,35)/t24-,29?/m1/s1. The van der Waals surface area contributed by atoms with E-state index in [-0.39, 0.29) is 12.1 Å². The van der Waals surface area contributed by atoms with Crippen molar-refractivity contribution >= 4 is 22.7 Å². The molecule has 2 aliphatic heterocycles. The maximum absolute atomic E-state index is 13.6. The van der Waals surface area contributed by atoms with Crippen molar-refractivity contribution in [2.24, 2.45) is 0 Å². The van der Waals surface area contributed by atoms with Crippen LogP contribution in [0.2, 0.25) is 0 Å². The van der Waals surface area contributed by atoms with Gasteiger partial charge in [0.1, 0.15) is 23.2 Å². The van der Waals surface area contributed by atoms with Crippen molar-refractivity contribution in [1.29, 1.82) is 0 Å². The Morgan fingerprint density at radius 2 is 2.08 bits per heavy atom. The lowest BCUT2D eigenvalue weighted by Crippen LogP contribution is -2.38. The number of anilines is 1. The van der Waals surface area contributed by atoms with Crippen molar-refractivity contribution in [3.8, 4) is 5.75 Å². The largest absolute Gasteiger partial charge is 0.495 e. The van der Waals surface area contributed by atoms with Crippen molar-refractivity contribution in [1.82, 2.24) is 14.9 Å². The number of methoxy groups -OCH3 is 1. The zero-order valence-electron chi connectivity index (χ0n) is 24.2. The van der Waals surface area contributed by atoms with Crippen LogP contribution in [0.5, 0.6) is 5.75 Å². The lowest BCUT2D eigenvalue weighted by atomic mass is 9.99. The third kappa shape index (κ3) is 6.91. The highest BCUT2D eigenvalue weighted by Crippen LogP contribution is 2.34. The minimum Gasteiger partial charge on any atom is -0.495 e. The maximum Gasteiger partial charge on any atom is 0.328 e. The Kier molecular flexibility index (Phi) is 8.86. The molecule has 1 unspecified atom stereocenters. The number of rotatable bonds is 10. The normalized spacial score (nSPS) is 18.2. The van der Waals surface area contributed by atoms with Gasteiger partial charge in [0.25, 0.3) is 0 Å². The summed E-state index contributed by atoms with van der Waals surface area (Å²) in [6.07, 6.45) is 7.92. The highest BCUT2D eigenvalue weighted by molar-refractivity contribution is 5.89. The van der Waals surface area contributed by atoms with Crippen molar-refractivity contribution in [2.45, 2.75) is 77.0 Å². The van der Waals surface area contributed by atoms with E-state index >= 15 is 0 Å². The molecule has 8 nitrogen and oxygen atoms in total. The third-order valence-electron chi connectivity index (χ3n) is 7.57. The first-order valence-corrected chi connectivity index (χ1v) is 14.5. The molecule has 2 atom stereocenters. The van der Waals surface area contributed by atoms with Crippen molar-refractivity contribution in [2.75, 3.05) is 38.7 Å². The van der Waals surface area contributed by atoms with Crippen LogP contribution in [0, 0.1) is 0 Å². The Morgan fingerprint density at radius 3 is 2.90 bits per heavy atom. The molecule has 2 aromatic heterocycles. The molecule has 8 heteroatoms. The van der Waals surface area contributed by atoms with Gasteiger partial charge in [-0.05, 0) is 88.6 Å². The van der Waals surface area contributed by atoms with Gasteiger partial charge in [0.05, 0.1) is 24.9 Å². The van der Waals surface area contributed by atoms with Crippen molar-refractivity contribution in [3.63, 3.8) is 0 Å². The highest BCUT2D eigenvalue weighted by Gasteiger charge is 2.37. The van der Waals surface area contributed by atoms with Crippen molar-refractivity contribution in [3.05, 3.63) is 59.4 Å². The van der Waals surface area contributed by atoms with Crippen LogP contribution in [-0.2, 0) is 27.1 Å². The zero-order valence-corrected chi connectivity index (χ0v) is 24.2. The van der Waals surface area contributed by atoms with Crippen LogP contribution >= 0.6 is 0 Å². The van der Waals surface area contributed by atoms with Crippen LogP contribution in [0.25, 0.3) is 10.9 Å². The molecular weight excluding hydrogens is 504 g/mol. The summed E-state index contributed by atoms with van der Waals surface area (Å²) in [5, 5.41) is 4.32. The maximum atomic E-state index is 13.6. The summed E-state index contributed by atoms with van der Waals surface area (Å²) in [5.41, 5.74) is 3.58. The summed E-state index contributed by atoms with van der Waals surface area (Å²) >= 11 is 0. The second kappa shape index (κ2) is 12.5. The number of aryl methyl sites for hydroxylation is 2. The molecule has 0 aliphatic carbocycles. The molecule has 1 aromatic carbocycles. The minimum atomic E-state index is -0.589. The van der Waals surface area contributed by atoms with Gasteiger partial charge in [0, 0.05) is 37.3 Å². The minimum absolute atomic E-state index is 0.0821. The van der Waals surface area contributed by atoms with E-state index in [4.69, 9.17) is 19.2 Å². The summed E-state index contributed by atoms with van der Waals surface area (Å²) in [7, 11) is 1.62. The second-order valence-corrected chi connectivity index (χ2v) is 11.8. The van der Waals surface area contributed by atoms with Gasteiger partial charge in [0.15, 0.2) is 0 Å². The Bertz CT molecular complexity index is 1320. The molecule has 0 spiro atoms. The number of hydrogen-bond acceptors (Lipinski definition) is 8. The van der Waals surface area contributed by atoms with Gasteiger partial charge in [0.2, 0.25) is 0 Å². The third-order valence-corrected chi connectivity index (χ3v) is 7.57. The molecular formula is C32H42N4O4. The monoisotopic (exact) mass is 546 g/mol. The zero-order chi connectivity index (χ0) is 28.1. The van der Waals surface area contributed by atoms with Crippen LogP contribution in [0.4, 0.5) is 5.82 Å². The number of likely N-dealkylation sites (tertiary alicyclic amines) is 1. The predicted molar refractivity (Wildman–Crippen MR) is 157 cm³/mol. The van der Waals surface area contributed by atoms with Gasteiger partial charge in [-0.3, -0.25) is 9.88 Å². The molecule has 2 aliphatic rings. The fourth-order valence-electron chi connectivity index (χ4n) is 5.62. The van der Waals surface area contributed by atoms with E-state index in [2.05, 4.69) is 27.3 Å². The second-order valence-electron chi connectivity index (χ2n) is 11.8. The molecule has 214 valence electrons. The lowest BCUT2D eigenvalue weighted by molar-refractivity contribution is -0.161. The van der Waals surface area contributed by atoms with E-state index < -0.39 is 11.6 Å². The summed E-state index contributed by atoms with van der Waals surface area (Å²) < 4.78 is 17.6. The van der Waals surface area contributed by atoms with Crippen LogP contribution in [0.1, 0.15) is 69.3 Å². The van der Waals surface area contributed by atoms with Crippen molar-refractivity contribution < 1.29 is 19.0 Å². The number of pyridine rings is 2. The first-order chi connectivity index (χ1) is 19.3. The first kappa shape index (κ1) is 28.3. The first-order valence-electron chi connectivity index (χ1n) is 14.5. The van der Waals surface area contributed by atoms with Gasteiger partial charge in [-0.25, -0.2) is 9.78 Å². The van der Waals surface area contributed by atoms with E-state index in [1.165, 1.54) is 12.0 Å². The molecule has 0 amide bonds. The number of carbonyl (C=O) groups is 1. The van der Waals surface area contributed by atoms with Crippen LogP contribution in [0.15, 0.2) is 42.6 Å². The number of esters is 1. The molecule has 0 bridgehead atoms. The molecule has 0 saturated carbocycles. The number of ether oxygens (including phenoxy) is 3. The molecule has 1 saturated heterocycles. The fraction of sp³-hybridized carbons (Fsp3) is 0.531. The number of hydrogen-bond donors (Lipinski definition) is 1. The number of fused-ring (bicyclic) bond motifs is 2. The molecule has 0 radical (unpaired) electrons. The Labute approximate surface area is 237 Å². The Balaban J connectivity index is 1.21. The number of aromatic nitrogens is 2. The fourth-order valence-corrected chi connectivity index (χ4v) is 5.62. The number of nitrogens with one attached hydrogen (secondary N) is 1. The summed E-state index contributed by atoms with van der Waals surface area (Å²) in [6.45, 7) is 8.86. The highest BCUT2D eigenvalue weighted by atomic mass is 16.6. The topological polar surface area (TPSA) is 85.8 Å². The SMILES string of the molecule is COc1cnc2cccc(C(C(=O)OC(C)(C)C)N3CC[C@@H](OCCCCc4ccc5c(n4)NCCC5)C3)c2c1. The molecule has 5 rings (SSSR count). The van der Waals surface area contributed by atoms with Gasteiger partial charge in [-0.2, -0.15) is 0 Å². The van der Waals surface area contributed by atoms with Crippen LogP contribution < -0.4 is 10.1 Å². The van der Waals surface area contributed by atoms with Crippen LogP contribution in [-0.4, -0.2) is 65.9 Å². The number of carbonyl (C=O) groups excluding carboxylic acids is 1. The van der Waals surface area contributed by atoms with E-state index in [1.807, 2.05) is 45.0 Å². The quantitative estimate of drug-likeness (QED) is 0.264. The smallest absolute Gasteiger partial charge is 0.328 e. The van der Waals surface area contributed by atoms with Gasteiger partial charge in [-0.1, -0.05) is 18.2 Å². The van der Waals surface area contributed by atoms with Gasteiger partial charge >= 0.3 is 5.97 Å². The molecule has 1 fully saturated rings. The van der Waals surface area contributed by atoms with E-state index in [9.17, 15) is 4.79 Å². The summed E-state index contributed by atoms with van der Waals surface area (Å²) in [6, 6.07) is 11.7. The number of benzene rings is 1. The lowest BCUT2D eigenvalue weighted by Gasteiger charge is -2.30. The van der Waals surface area contributed by atoms with Gasteiger partial charge < -0.3 is 19.5 Å². The van der Waals surface area contributed by atoms with E-state index in [0.29, 0.717) is 18.9 Å². The number of nitrogens with zero attached hydrogens (tertiary/aromatic N) is 3. The van der Waals surface area contributed by atoms with E-state index in [0.717, 1.165) is 73.2 Å². The molecule has 4 heterocycles. The number of unbranched alkanes of at least 4 members (excludes halogenated alkanes) is 1. The average Bonchev–Trinajstić information content (AvgIpc) is 3.40. The molecule has 1 N–H and O–H groups in total. The Morgan fingerprint density at radius 1 is 1.20 bits per heavy atom. The van der Waals surface area contributed by atoms with Crippen LogP contribution in [0.3, 0.4) is 0 Å². The molecule has 40 heavy (non-hydrogen) atoms.